The molecule has 6 heteroatoms. The van der Waals surface area contributed by atoms with E-state index in [1.54, 1.807) is 0 Å². The first-order valence-electron chi connectivity index (χ1n) is 5.73. The molecule has 98 valence electrons. The number of hydrogen-bond donors (Lipinski definition) is 3. The lowest BCUT2D eigenvalue weighted by Crippen LogP contribution is -2.35. The molecule has 4 nitrogen and oxygen atoms in total. The highest BCUT2D eigenvalue weighted by atomic mass is 79.9. The van der Waals surface area contributed by atoms with Gasteiger partial charge in [-0.25, -0.2) is 0 Å². The summed E-state index contributed by atoms with van der Waals surface area (Å²) in [5.74, 6) is 0.346. The van der Waals surface area contributed by atoms with E-state index in [4.69, 9.17) is 0 Å². The van der Waals surface area contributed by atoms with Crippen molar-refractivity contribution in [3.05, 3.63) is 26.6 Å². The van der Waals surface area contributed by atoms with Crippen molar-refractivity contribution in [3.8, 4) is 5.75 Å². The van der Waals surface area contributed by atoms with Gasteiger partial charge in [0.2, 0.25) is 5.91 Å². The lowest BCUT2D eigenvalue weighted by Gasteiger charge is -2.12. The highest BCUT2D eigenvalue weighted by Gasteiger charge is 2.19. The maximum absolute atomic E-state index is 11.0. The van der Waals surface area contributed by atoms with Gasteiger partial charge in [-0.1, -0.05) is 0 Å². The smallest absolute Gasteiger partial charge is 0.220 e. The van der Waals surface area contributed by atoms with Crippen LogP contribution in [0.4, 0.5) is 0 Å². The summed E-state index contributed by atoms with van der Waals surface area (Å²) in [7, 11) is 0. The van der Waals surface area contributed by atoms with Gasteiger partial charge in [-0.15, -0.1) is 0 Å². The molecule has 0 aliphatic carbocycles. The van der Waals surface area contributed by atoms with Crippen molar-refractivity contribution in [2.75, 3.05) is 6.54 Å². The first-order chi connectivity index (χ1) is 8.56. The second-order valence-electron chi connectivity index (χ2n) is 4.34. The number of phenols is 1. The molecule has 1 saturated heterocycles. The number of carbonyl (C=O) groups is 1. The number of aromatic hydroxyl groups is 1. The van der Waals surface area contributed by atoms with Crippen molar-refractivity contribution >= 4 is 37.8 Å². The Hall–Kier alpha value is -0.590. The molecule has 1 aromatic carbocycles. The van der Waals surface area contributed by atoms with Gasteiger partial charge in [0.15, 0.2) is 0 Å². The summed E-state index contributed by atoms with van der Waals surface area (Å²) in [4.78, 5) is 11.0. The van der Waals surface area contributed by atoms with Crippen LogP contribution in [0.25, 0.3) is 0 Å². The maximum Gasteiger partial charge on any atom is 0.220 e. The minimum absolute atomic E-state index is 0.136. The van der Waals surface area contributed by atoms with E-state index in [1.807, 2.05) is 12.1 Å². The Morgan fingerprint density at radius 3 is 2.61 bits per heavy atom. The molecule has 0 bridgehead atoms. The molecule has 0 spiro atoms. The number of halogens is 2. The molecule has 1 amide bonds. The molecule has 1 atom stereocenters. The molecule has 1 heterocycles. The maximum atomic E-state index is 11.0. The van der Waals surface area contributed by atoms with Crippen LogP contribution in [0.1, 0.15) is 18.4 Å². The van der Waals surface area contributed by atoms with Gasteiger partial charge in [0, 0.05) is 25.6 Å². The minimum atomic E-state index is 0.136. The molecule has 0 radical (unpaired) electrons. The minimum Gasteiger partial charge on any atom is -0.506 e. The lowest BCUT2D eigenvalue weighted by atomic mass is 10.2. The van der Waals surface area contributed by atoms with Gasteiger partial charge < -0.3 is 15.7 Å². The topological polar surface area (TPSA) is 61.4 Å². The van der Waals surface area contributed by atoms with Gasteiger partial charge in [0.25, 0.3) is 0 Å². The summed E-state index contributed by atoms with van der Waals surface area (Å²) in [6, 6.07) is 3.99. The van der Waals surface area contributed by atoms with E-state index in [9.17, 15) is 9.90 Å². The van der Waals surface area contributed by atoms with Gasteiger partial charge in [0.1, 0.15) is 5.75 Å². The van der Waals surface area contributed by atoms with Crippen LogP contribution in [0.5, 0.6) is 5.75 Å². The summed E-state index contributed by atoms with van der Waals surface area (Å²) >= 11 is 6.60. The fraction of sp³-hybridized carbons (Fsp3) is 0.417. The molecular weight excluding hydrogens is 364 g/mol. The van der Waals surface area contributed by atoms with E-state index in [2.05, 4.69) is 42.5 Å². The fourth-order valence-corrected chi connectivity index (χ4v) is 3.22. The third kappa shape index (κ3) is 3.46. The summed E-state index contributed by atoms with van der Waals surface area (Å²) in [6.07, 6.45) is 1.53. The van der Waals surface area contributed by atoms with Crippen LogP contribution in [0.15, 0.2) is 21.1 Å². The van der Waals surface area contributed by atoms with Crippen LogP contribution in [-0.4, -0.2) is 23.6 Å². The Morgan fingerprint density at radius 1 is 1.39 bits per heavy atom. The summed E-state index contributed by atoms with van der Waals surface area (Å²) < 4.78 is 1.34. The number of nitrogens with one attached hydrogen (secondary N) is 2. The molecule has 1 aliphatic heterocycles. The first-order valence-corrected chi connectivity index (χ1v) is 7.32. The van der Waals surface area contributed by atoms with Crippen LogP contribution in [0.2, 0.25) is 0 Å². The summed E-state index contributed by atoms with van der Waals surface area (Å²) in [5, 5.41) is 15.8. The largest absolute Gasteiger partial charge is 0.506 e. The number of amides is 1. The Bertz CT molecular complexity index is 442. The van der Waals surface area contributed by atoms with Crippen LogP contribution in [0, 0.1) is 0 Å². The number of rotatable bonds is 4. The predicted octanol–water partition coefficient (Wildman–Crippen LogP) is 2.29. The zero-order valence-corrected chi connectivity index (χ0v) is 12.8. The zero-order valence-electron chi connectivity index (χ0n) is 9.67. The standard InChI is InChI=1S/C12H14Br2N2O2/c13-9-3-7(4-10(14)12(9)18)5-15-6-8-1-2-11(17)16-8/h3-4,8,15,18H,1-2,5-6H2,(H,16,17). The third-order valence-corrected chi connectivity index (χ3v) is 4.09. The van der Waals surface area contributed by atoms with Gasteiger partial charge >= 0.3 is 0 Å². The highest BCUT2D eigenvalue weighted by molar-refractivity contribution is 9.11. The van der Waals surface area contributed by atoms with Crippen molar-refractivity contribution in [2.24, 2.45) is 0 Å². The van der Waals surface area contributed by atoms with Crippen molar-refractivity contribution in [1.82, 2.24) is 10.6 Å². The fourth-order valence-electron chi connectivity index (χ4n) is 1.94. The molecule has 0 aromatic heterocycles. The van der Waals surface area contributed by atoms with E-state index < -0.39 is 0 Å². The van der Waals surface area contributed by atoms with E-state index in [1.165, 1.54) is 0 Å². The molecule has 1 aliphatic rings. The molecule has 1 aromatic rings. The average Bonchev–Trinajstić information content (AvgIpc) is 2.72. The number of hydrogen-bond acceptors (Lipinski definition) is 3. The van der Waals surface area contributed by atoms with Crippen molar-refractivity contribution < 1.29 is 9.90 Å². The highest BCUT2D eigenvalue weighted by Crippen LogP contribution is 2.33. The Balaban J connectivity index is 1.85. The van der Waals surface area contributed by atoms with E-state index in [0.717, 1.165) is 18.5 Å². The Morgan fingerprint density at radius 2 is 2.06 bits per heavy atom. The van der Waals surface area contributed by atoms with Crippen LogP contribution in [-0.2, 0) is 11.3 Å². The summed E-state index contributed by atoms with van der Waals surface area (Å²) in [6.45, 7) is 1.46. The lowest BCUT2D eigenvalue weighted by molar-refractivity contribution is -0.119. The van der Waals surface area contributed by atoms with Gasteiger partial charge in [-0.3, -0.25) is 4.79 Å². The second-order valence-corrected chi connectivity index (χ2v) is 6.05. The molecular formula is C12H14Br2N2O2. The first kappa shape index (κ1) is 13.8. The SMILES string of the molecule is O=C1CCC(CNCc2cc(Br)c(O)c(Br)c2)N1. The molecule has 0 saturated carbocycles. The predicted molar refractivity (Wildman–Crippen MR) is 76.4 cm³/mol. The van der Waals surface area contributed by atoms with E-state index in [0.29, 0.717) is 21.9 Å². The molecule has 3 N–H and O–H groups in total. The Labute approximate surface area is 122 Å². The Kier molecular flexibility index (Phi) is 4.64. The molecule has 1 unspecified atom stereocenters. The zero-order chi connectivity index (χ0) is 13.1. The van der Waals surface area contributed by atoms with E-state index >= 15 is 0 Å². The monoisotopic (exact) mass is 376 g/mol. The van der Waals surface area contributed by atoms with Crippen LogP contribution in [0.3, 0.4) is 0 Å². The van der Waals surface area contributed by atoms with Crippen molar-refractivity contribution in [1.29, 1.82) is 0 Å². The molecule has 18 heavy (non-hydrogen) atoms. The van der Waals surface area contributed by atoms with Crippen molar-refractivity contribution in [3.63, 3.8) is 0 Å². The van der Waals surface area contributed by atoms with Crippen LogP contribution >= 0.6 is 31.9 Å². The molecule has 1 fully saturated rings. The van der Waals surface area contributed by atoms with Gasteiger partial charge in [0.05, 0.1) is 8.95 Å². The van der Waals surface area contributed by atoms with Gasteiger partial charge in [-0.2, -0.15) is 0 Å². The van der Waals surface area contributed by atoms with Crippen molar-refractivity contribution in [2.45, 2.75) is 25.4 Å². The number of phenolic OH excluding ortho intramolecular Hbond substituents is 1. The number of carbonyl (C=O) groups excluding carboxylic acids is 1. The normalized spacial score (nSPS) is 19.0. The quantitative estimate of drug-likeness (QED) is 0.754. The summed E-state index contributed by atoms with van der Waals surface area (Å²) in [5.41, 5.74) is 1.07. The average molecular weight is 378 g/mol. The van der Waals surface area contributed by atoms with Crippen LogP contribution < -0.4 is 10.6 Å². The van der Waals surface area contributed by atoms with Gasteiger partial charge in [-0.05, 0) is 56.0 Å². The number of benzene rings is 1. The second kappa shape index (κ2) is 6.04. The third-order valence-electron chi connectivity index (χ3n) is 2.88. The molecule has 2 rings (SSSR count). The van der Waals surface area contributed by atoms with E-state index in [-0.39, 0.29) is 17.7 Å².